The van der Waals surface area contributed by atoms with Gasteiger partial charge in [-0.2, -0.15) is 0 Å². The molecule has 1 rings (SSSR count). The summed E-state index contributed by atoms with van der Waals surface area (Å²) in [5.41, 5.74) is 6.02. The van der Waals surface area contributed by atoms with Crippen molar-refractivity contribution in [3.63, 3.8) is 0 Å². The Morgan fingerprint density at radius 3 is 2.36 bits per heavy atom. The molecule has 1 aliphatic carbocycles. The average molecular weight is 157 g/mol. The molecule has 0 saturated heterocycles. The van der Waals surface area contributed by atoms with E-state index in [0.29, 0.717) is 0 Å². The van der Waals surface area contributed by atoms with Gasteiger partial charge in [-0.25, -0.2) is 0 Å². The molecule has 0 aromatic heterocycles. The van der Waals surface area contributed by atoms with Gasteiger partial charge in [0.15, 0.2) is 0 Å². The molecule has 1 aliphatic rings. The van der Waals surface area contributed by atoms with Gasteiger partial charge in [-0.3, -0.25) is 0 Å². The van der Waals surface area contributed by atoms with Gasteiger partial charge >= 0.3 is 0 Å². The average Bonchev–Trinajstić information content (AvgIpc) is 2.52. The summed E-state index contributed by atoms with van der Waals surface area (Å²) in [6.45, 7) is 2.13. The Morgan fingerprint density at radius 1 is 1.45 bits per heavy atom. The fraction of sp³-hybridized carbons (Fsp3) is 1.00. The van der Waals surface area contributed by atoms with E-state index in [4.69, 9.17) is 10.5 Å². The van der Waals surface area contributed by atoms with E-state index < -0.39 is 0 Å². The van der Waals surface area contributed by atoms with Crippen LogP contribution < -0.4 is 5.73 Å². The molecule has 0 amide bonds. The van der Waals surface area contributed by atoms with Gasteiger partial charge in [0.2, 0.25) is 0 Å². The molecule has 1 atom stereocenters. The Kier molecular flexibility index (Phi) is 2.90. The van der Waals surface area contributed by atoms with Crippen molar-refractivity contribution in [2.75, 3.05) is 7.11 Å². The van der Waals surface area contributed by atoms with Gasteiger partial charge in [0.1, 0.15) is 0 Å². The van der Waals surface area contributed by atoms with Crippen molar-refractivity contribution < 1.29 is 4.74 Å². The van der Waals surface area contributed by atoms with Crippen LogP contribution in [0.15, 0.2) is 0 Å². The highest BCUT2D eigenvalue weighted by molar-refractivity contribution is 4.94. The number of hydrogen-bond donors (Lipinski definition) is 1. The maximum atomic E-state index is 6.00. The van der Waals surface area contributed by atoms with Crippen molar-refractivity contribution in [2.24, 2.45) is 5.73 Å². The molecule has 2 heteroatoms. The molecular weight excluding hydrogens is 138 g/mol. The fourth-order valence-electron chi connectivity index (χ4n) is 2.07. The lowest BCUT2D eigenvalue weighted by Crippen LogP contribution is -2.46. The van der Waals surface area contributed by atoms with Crippen molar-refractivity contribution >= 4 is 0 Å². The summed E-state index contributed by atoms with van der Waals surface area (Å²) in [6.07, 6.45) is 5.88. The lowest BCUT2D eigenvalue weighted by Gasteiger charge is -2.33. The van der Waals surface area contributed by atoms with E-state index in [9.17, 15) is 0 Å². The smallest absolute Gasteiger partial charge is 0.0828 e. The molecule has 11 heavy (non-hydrogen) atoms. The van der Waals surface area contributed by atoms with Gasteiger partial charge in [0, 0.05) is 13.2 Å². The zero-order valence-electron chi connectivity index (χ0n) is 7.60. The minimum atomic E-state index is 0.0226. The summed E-state index contributed by atoms with van der Waals surface area (Å²) < 4.78 is 5.53. The molecule has 66 valence electrons. The highest BCUT2D eigenvalue weighted by Gasteiger charge is 2.38. The van der Waals surface area contributed by atoms with Crippen LogP contribution in [-0.4, -0.2) is 18.8 Å². The van der Waals surface area contributed by atoms with Crippen LogP contribution in [0.1, 0.15) is 39.0 Å². The topological polar surface area (TPSA) is 35.2 Å². The van der Waals surface area contributed by atoms with E-state index >= 15 is 0 Å². The molecule has 1 fully saturated rings. The summed E-state index contributed by atoms with van der Waals surface area (Å²) in [5.74, 6) is 0. The van der Waals surface area contributed by atoms with Gasteiger partial charge in [-0.15, -0.1) is 0 Å². The van der Waals surface area contributed by atoms with Crippen molar-refractivity contribution in [3.05, 3.63) is 0 Å². The van der Waals surface area contributed by atoms with Gasteiger partial charge in [0.05, 0.1) is 5.60 Å². The van der Waals surface area contributed by atoms with E-state index in [-0.39, 0.29) is 11.6 Å². The molecule has 0 aromatic rings. The third-order valence-corrected chi connectivity index (χ3v) is 2.97. The Labute approximate surface area is 69.1 Å². The molecule has 0 bridgehead atoms. The zero-order chi connectivity index (χ0) is 8.32. The fourth-order valence-corrected chi connectivity index (χ4v) is 2.07. The Balaban J connectivity index is 2.58. The predicted molar refractivity (Wildman–Crippen MR) is 46.5 cm³/mol. The minimum Gasteiger partial charge on any atom is -0.377 e. The summed E-state index contributed by atoms with van der Waals surface area (Å²) in [6, 6.07) is 0.231. The molecule has 1 saturated carbocycles. The predicted octanol–water partition coefficient (Wildman–Crippen LogP) is 1.68. The van der Waals surface area contributed by atoms with E-state index in [0.717, 1.165) is 19.3 Å². The lowest BCUT2D eigenvalue weighted by molar-refractivity contribution is -0.0262. The molecule has 0 aliphatic heterocycles. The number of ether oxygens (including phenoxy) is 1. The lowest BCUT2D eigenvalue weighted by atomic mass is 9.91. The third-order valence-electron chi connectivity index (χ3n) is 2.97. The summed E-state index contributed by atoms with van der Waals surface area (Å²) in [4.78, 5) is 0. The number of methoxy groups -OCH3 is 1. The second-order valence-corrected chi connectivity index (χ2v) is 3.49. The standard InChI is InChI=1S/C9H19NO/c1-3-8(10)9(11-2)6-4-5-7-9/h8H,3-7,10H2,1-2H3/t8-/m0/s1. The van der Waals surface area contributed by atoms with Crippen LogP contribution in [0, 0.1) is 0 Å². The van der Waals surface area contributed by atoms with E-state index in [1.807, 2.05) is 0 Å². The van der Waals surface area contributed by atoms with Gasteiger partial charge < -0.3 is 10.5 Å². The molecule has 2 N–H and O–H groups in total. The van der Waals surface area contributed by atoms with Crippen molar-refractivity contribution in [1.29, 1.82) is 0 Å². The summed E-state index contributed by atoms with van der Waals surface area (Å²) >= 11 is 0. The van der Waals surface area contributed by atoms with Crippen LogP contribution in [0.4, 0.5) is 0 Å². The summed E-state index contributed by atoms with van der Waals surface area (Å²) in [5, 5.41) is 0. The third kappa shape index (κ3) is 1.57. The largest absolute Gasteiger partial charge is 0.377 e. The monoisotopic (exact) mass is 157 g/mol. The highest BCUT2D eigenvalue weighted by Crippen LogP contribution is 2.35. The van der Waals surface area contributed by atoms with Gasteiger partial charge in [0.25, 0.3) is 0 Å². The molecular formula is C9H19NO. The molecule has 0 heterocycles. The minimum absolute atomic E-state index is 0.0226. The van der Waals surface area contributed by atoms with Crippen LogP contribution >= 0.6 is 0 Å². The van der Waals surface area contributed by atoms with E-state index in [1.54, 1.807) is 7.11 Å². The molecule has 0 spiro atoms. The zero-order valence-corrected chi connectivity index (χ0v) is 7.60. The number of rotatable bonds is 3. The second kappa shape index (κ2) is 3.55. The van der Waals surface area contributed by atoms with Gasteiger partial charge in [-0.05, 0) is 19.3 Å². The summed E-state index contributed by atoms with van der Waals surface area (Å²) in [7, 11) is 1.79. The maximum absolute atomic E-state index is 6.00. The van der Waals surface area contributed by atoms with Crippen LogP contribution in [0.25, 0.3) is 0 Å². The highest BCUT2D eigenvalue weighted by atomic mass is 16.5. The van der Waals surface area contributed by atoms with Gasteiger partial charge in [-0.1, -0.05) is 19.8 Å². The quantitative estimate of drug-likeness (QED) is 0.676. The molecule has 0 radical (unpaired) electrons. The molecule has 0 aromatic carbocycles. The first-order valence-electron chi connectivity index (χ1n) is 4.56. The maximum Gasteiger partial charge on any atom is 0.0828 e. The SMILES string of the molecule is CC[C@H](N)C1(OC)CCCC1. The normalized spacial score (nSPS) is 25.4. The molecule has 0 unspecified atom stereocenters. The Hall–Kier alpha value is -0.0800. The van der Waals surface area contributed by atoms with Crippen LogP contribution in [0.2, 0.25) is 0 Å². The first-order valence-corrected chi connectivity index (χ1v) is 4.56. The Bertz CT molecular complexity index is 119. The van der Waals surface area contributed by atoms with Crippen LogP contribution in [-0.2, 0) is 4.74 Å². The first kappa shape index (κ1) is 9.01. The van der Waals surface area contributed by atoms with Crippen molar-refractivity contribution in [1.82, 2.24) is 0 Å². The van der Waals surface area contributed by atoms with E-state index in [1.165, 1.54) is 12.8 Å². The number of hydrogen-bond acceptors (Lipinski definition) is 2. The van der Waals surface area contributed by atoms with E-state index in [2.05, 4.69) is 6.92 Å². The molecule has 2 nitrogen and oxygen atoms in total. The second-order valence-electron chi connectivity index (χ2n) is 3.49. The van der Waals surface area contributed by atoms with Crippen LogP contribution in [0.3, 0.4) is 0 Å². The number of nitrogens with two attached hydrogens (primary N) is 1. The Morgan fingerprint density at radius 2 is 2.00 bits per heavy atom. The first-order chi connectivity index (χ1) is 5.25. The van der Waals surface area contributed by atoms with Crippen molar-refractivity contribution in [2.45, 2.75) is 50.7 Å². The van der Waals surface area contributed by atoms with Crippen molar-refractivity contribution in [3.8, 4) is 0 Å². The van der Waals surface area contributed by atoms with Crippen LogP contribution in [0.5, 0.6) is 0 Å².